The van der Waals surface area contributed by atoms with Gasteiger partial charge < -0.3 is 5.32 Å². The molecule has 8 nitrogen and oxygen atoms in total. The number of benzene rings is 3. The van der Waals surface area contributed by atoms with E-state index in [1.165, 1.54) is 16.8 Å². The number of nitrogens with one attached hydrogen (secondary N) is 1. The van der Waals surface area contributed by atoms with Gasteiger partial charge >= 0.3 is 0 Å². The minimum Gasteiger partial charge on any atom is -0.322 e. The van der Waals surface area contributed by atoms with Crippen LogP contribution in [0.5, 0.6) is 0 Å². The van der Waals surface area contributed by atoms with Gasteiger partial charge in [-0.2, -0.15) is 0 Å². The zero-order chi connectivity index (χ0) is 22.9. The van der Waals surface area contributed by atoms with Gasteiger partial charge in [0.25, 0.3) is 5.91 Å². The number of carbonyl (C=O) groups is 1. The van der Waals surface area contributed by atoms with Gasteiger partial charge in [0.15, 0.2) is 0 Å². The predicted molar refractivity (Wildman–Crippen MR) is 122 cm³/mol. The summed E-state index contributed by atoms with van der Waals surface area (Å²) in [6, 6.07) is 19.0. The Morgan fingerprint density at radius 2 is 1.66 bits per heavy atom. The zero-order valence-electron chi connectivity index (χ0n) is 17.5. The van der Waals surface area contributed by atoms with Crippen LogP contribution in [-0.4, -0.2) is 29.3 Å². The normalized spacial score (nSPS) is 11.3. The topological polar surface area (TPSA) is 120 Å². The van der Waals surface area contributed by atoms with E-state index in [0.717, 1.165) is 16.7 Å². The molecular weight excluding hydrogens is 426 g/mol. The Hall–Kier alpha value is -3.82. The van der Waals surface area contributed by atoms with Gasteiger partial charge in [-0.25, -0.2) is 18.2 Å². The molecule has 4 rings (SSSR count). The van der Waals surface area contributed by atoms with Crippen molar-refractivity contribution in [1.29, 1.82) is 0 Å². The second kappa shape index (κ2) is 8.37. The number of rotatable bonds is 5. The highest BCUT2D eigenvalue weighted by Crippen LogP contribution is 2.22. The number of aromatic nitrogens is 3. The number of hydrogen-bond donors (Lipinski definition) is 2. The molecule has 1 amide bonds. The van der Waals surface area contributed by atoms with Crippen molar-refractivity contribution in [3.05, 3.63) is 89.6 Å². The number of amides is 1. The molecule has 0 bridgehead atoms. The Labute approximate surface area is 185 Å². The van der Waals surface area contributed by atoms with E-state index < -0.39 is 10.0 Å². The van der Waals surface area contributed by atoms with Crippen LogP contribution in [0.3, 0.4) is 0 Å². The van der Waals surface area contributed by atoms with Crippen LogP contribution in [0.2, 0.25) is 0 Å². The van der Waals surface area contributed by atoms with Crippen molar-refractivity contribution in [2.45, 2.75) is 18.7 Å². The first-order chi connectivity index (χ1) is 15.2. The molecule has 3 N–H and O–H groups in total. The van der Waals surface area contributed by atoms with Crippen molar-refractivity contribution < 1.29 is 13.2 Å². The zero-order valence-corrected chi connectivity index (χ0v) is 18.3. The van der Waals surface area contributed by atoms with Crippen molar-refractivity contribution in [3.8, 4) is 16.9 Å². The van der Waals surface area contributed by atoms with E-state index in [1.807, 2.05) is 50.2 Å². The van der Waals surface area contributed by atoms with Gasteiger partial charge in [-0.05, 0) is 62.4 Å². The lowest BCUT2D eigenvalue weighted by Crippen LogP contribution is -2.12. The highest BCUT2D eigenvalue weighted by Gasteiger charge is 2.11. The van der Waals surface area contributed by atoms with Crippen LogP contribution in [0.4, 0.5) is 5.69 Å². The molecule has 4 aromatic rings. The monoisotopic (exact) mass is 447 g/mol. The maximum absolute atomic E-state index is 12.7. The number of sulfonamides is 1. The maximum atomic E-state index is 12.7. The summed E-state index contributed by atoms with van der Waals surface area (Å²) in [6.45, 7) is 3.91. The number of hydrogen-bond acceptors (Lipinski definition) is 5. The Morgan fingerprint density at radius 3 is 2.31 bits per heavy atom. The molecule has 0 atom stereocenters. The molecule has 0 spiro atoms. The number of nitrogens with zero attached hydrogens (tertiary/aromatic N) is 3. The Bertz CT molecular complexity index is 1390. The third-order valence-corrected chi connectivity index (χ3v) is 5.75. The smallest absolute Gasteiger partial charge is 0.255 e. The van der Waals surface area contributed by atoms with Gasteiger partial charge in [-0.3, -0.25) is 4.79 Å². The third-order valence-electron chi connectivity index (χ3n) is 4.82. The van der Waals surface area contributed by atoms with Crippen LogP contribution >= 0.6 is 0 Å². The van der Waals surface area contributed by atoms with Crippen LogP contribution < -0.4 is 10.5 Å². The Morgan fingerprint density at radius 1 is 0.969 bits per heavy atom. The molecule has 0 saturated heterocycles. The van der Waals surface area contributed by atoms with Crippen molar-refractivity contribution in [2.75, 3.05) is 5.32 Å². The second-order valence-electron chi connectivity index (χ2n) is 7.50. The van der Waals surface area contributed by atoms with Crippen LogP contribution in [0.25, 0.3) is 16.9 Å². The highest BCUT2D eigenvalue weighted by molar-refractivity contribution is 7.89. The SMILES string of the molecule is Cc1cc(C)cc(C(=O)Nc2cccc(-c3cn(-c4ccc(S(N)(=O)=O)cc4)nn3)c2)c1. The van der Waals surface area contributed by atoms with Gasteiger partial charge in [0.2, 0.25) is 10.0 Å². The summed E-state index contributed by atoms with van der Waals surface area (Å²) in [5.74, 6) is -0.187. The van der Waals surface area contributed by atoms with Gasteiger partial charge in [0.05, 0.1) is 16.8 Å². The highest BCUT2D eigenvalue weighted by atomic mass is 32.2. The van der Waals surface area contributed by atoms with E-state index in [2.05, 4.69) is 15.6 Å². The molecule has 0 aliphatic carbocycles. The molecule has 0 unspecified atom stereocenters. The number of carbonyl (C=O) groups excluding carboxylic acids is 1. The number of aryl methyl sites for hydroxylation is 2. The van der Waals surface area contributed by atoms with Crippen LogP contribution in [0, 0.1) is 13.8 Å². The molecule has 3 aromatic carbocycles. The summed E-state index contributed by atoms with van der Waals surface area (Å²) in [7, 11) is -3.76. The molecule has 0 aliphatic rings. The molecule has 9 heteroatoms. The lowest BCUT2D eigenvalue weighted by molar-refractivity contribution is 0.102. The van der Waals surface area contributed by atoms with Gasteiger partial charge in [-0.15, -0.1) is 5.10 Å². The fraction of sp³-hybridized carbons (Fsp3) is 0.0870. The summed E-state index contributed by atoms with van der Waals surface area (Å²) in [5, 5.41) is 16.4. The lowest BCUT2D eigenvalue weighted by atomic mass is 10.1. The van der Waals surface area contributed by atoms with E-state index in [9.17, 15) is 13.2 Å². The van der Waals surface area contributed by atoms with Gasteiger partial charge in [0.1, 0.15) is 5.69 Å². The maximum Gasteiger partial charge on any atom is 0.255 e. The standard InChI is InChI=1S/C23H21N5O3S/c1-15-10-16(2)12-18(11-15)23(29)25-19-5-3-4-17(13-19)22-14-28(27-26-22)20-6-8-21(9-7-20)32(24,30)31/h3-14H,1-2H3,(H,25,29)(H2,24,30,31). The van der Waals surface area contributed by atoms with Crippen molar-refractivity contribution in [1.82, 2.24) is 15.0 Å². The molecule has 162 valence electrons. The summed E-state index contributed by atoms with van der Waals surface area (Å²) in [6.07, 6.45) is 1.72. The lowest BCUT2D eigenvalue weighted by Gasteiger charge is -2.08. The summed E-state index contributed by atoms with van der Waals surface area (Å²) >= 11 is 0. The van der Waals surface area contributed by atoms with Gasteiger partial charge in [0, 0.05) is 16.8 Å². The van der Waals surface area contributed by atoms with Gasteiger partial charge in [-0.1, -0.05) is 34.5 Å². The molecule has 1 aromatic heterocycles. The van der Waals surface area contributed by atoms with E-state index >= 15 is 0 Å². The number of nitrogens with two attached hydrogens (primary N) is 1. The van der Waals surface area contributed by atoms with Crippen LogP contribution in [-0.2, 0) is 10.0 Å². The quantitative estimate of drug-likeness (QED) is 0.485. The molecule has 1 heterocycles. The average Bonchev–Trinajstić information content (AvgIpc) is 3.23. The molecular formula is C23H21N5O3S. The van der Waals surface area contributed by atoms with Crippen LogP contribution in [0.15, 0.2) is 77.8 Å². The molecule has 0 saturated carbocycles. The molecule has 0 radical (unpaired) electrons. The fourth-order valence-corrected chi connectivity index (χ4v) is 3.89. The fourth-order valence-electron chi connectivity index (χ4n) is 3.38. The number of primary sulfonamides is 1. The van der Waals surface area contributed by atoms with E-state index in [-0.39, 0.29) is 10.8 Å². The summed E-state index contributed by atoms with van der Waals surface area (Å²) in [5.41, 5.74) is 5.30. The van der Waals surface area contributed by atoms with E-state index in [1.54, 1.807) is 24.4 Å². The average molecular weight is 448 g/mol. The Balaban J connectivity index is 1.55. The first kappa shape index (κ1) is 21.4. The third kappa shape index (κ3) is 4.74. The van der Waals surface area contributed by atoms with Crippen LogP contribution in [0.1, 0.15) is 21.5 Å². The van der Waals surface area contributed by atoms with Crippen molar-refractivity contribution >= 4 is 21.6 Å². The first-order valence-electron chi connectivity index (χ1n) is 9.75. The Kier molecular flexibility index (Phi) is 5.60. The molecule has 32 heavy (non-hydrogen) atoms. The summed E-state index contributed by atoms with van der Waals surface area (Å²) < 4.78 is 24.4. The first-order valence-corrected chi connectivity index (χ1v) is 11.3. The molecule has 0 fully saturated rings. The molecule has 0 aliphatic heterocycles. The second-order valence-corrected chi connectivity index (χ2v) is 9.06. The number of anilines is 1. The van der Waals surface area contributed by atoms with Crippen molar-refractivity contribution in [3.63, 3.8) is 0 Å². The predicted octanol–water partition coefficient (Wildman–Crippen LogP) is 3.45. The van der Waals surface area contributed by atoms with Crippen molar-refractivity contribution in [2.24, 2.45) is 5.14 Å². The van der Waals surface area contributed by atoms with E-state index in [0.29, 0.717) is 22.6 Å². The minimum atomic E-state index is -3.76. The summed E-state index contributed by atoms with van der Waals surface area (Å²) in [4.78, 5) is 12.7. The minimum absolute atomic E-state index is 0.0221. The largest absolute Gasteiger partial charge is 0.322 e. The van der Waals surface area contributed by atoms with E-state index in [4.69, 9.17) is 5.14 Å².